The molecule has 2 heteroatoms. The average Bonchev–Trinajstić information content (AvgIpc) is 2.29. The van der Waals surface area contributed by atoms with Gasteiger partial charge < -0.3 is 9.84 Å². The van der Waals surface area contributed by atoms with Crippen LogP contribution in [0.2, 0.25) is 0 Å². The maximum Gasteiger partial charge on any atom is 0.0900 e. The normalized spacial score (nSPS) is 25.3. The van der Waals surface area contributed by atoms with Crippen molar-refractivity contribution in [3.05, 3.63) is 35.9 Å². The number of ether oxygens (including phenoxy) is 1. The van der Waals surface area contributed by atoms with Crippen LogP contribution in [0.15, 0.2) is 30.3 Å². The van der Waals surface area contributed by atoms with E-state index in [4.69, 9.17) is 4.74 Å². The average molecular weight is 234 g/mol. The molecule has 3 atom stereocenters. The highest BCUT2D eigenvalue weighted by molar-refractivity contribution is 5.20. The van der Waals surface area contributed by atoms with E-state index in [-0.39, 0.29) is 18.1 Å². The number of hydrogen-bond acceptors (Lipinski definition) is 2. The number of unbranched alkanes of at least 4 members (excludes halogenated alkanes) is 2. The summed E-state index contributed by atoms with van der Waals surface area (Å²) in [4.78, 5) is 0. The highest BCUT2D eigenvalue weighted by atomic mass is 16.5. The lowest BCUT2D eigenvalue weighted by molar-refractivity contribution is -0.162. The van der Waals surface area contributed by atoms with Crippen LogP contribution in [0.3, 0.4) is 0 Å². The summed E-state index contributed by atoms with van der Waals surface area (Å²) in [6.45, 7) is 2.89. The lowest BCUT2D eigenvalue weighted by Crippen LogP contribution is -2.40. The molecule has 94 valence electrons. The largest absolute Gasteiger partial charge is 0.393 e. The summed E-state index contributed by atoms with van der Waals surface area (Å²) in [5, 5.41) is 10.1. The third-order valence-corrected chi connectivity index (χ3v) is 3.58. The minimum atomic E-state index is -0.208. The Labute approximate surface area is 104 Å². The third kappa shape index (κ3) is 3.08. The van der Waals surface area contributed by atoms with Gasteiger partial charge in [-0.1, -0.05) is 56.5 Å². The lowest BCUT2D eigenvalue weighted by Gasteiger charge is -2.40. The van der Waals surface area contributed by atoms with Gasteiger partial charge in [0.15, 0.2) is 0 Å². The lowest BCUT2D eigenvalue weighted by atomic mass is 9.85. The van der Waals surface area contributed by atoms with E-state index in [1.165, 1.54) is 18.4 Å². The second-order valence-electron chi connectivity index (χ2n) is 4.89. The molecule has 1 aliphatic rings. The predicted octanol–water partition coefficient (Wildman–Crippen LogP) is 3.32. The number of rotatable bonds is 6. The summed E-state index contributed by atoms with van der Waals surface area (Å²) < 4.78 is 5.60. The number of hydrogen-bond donors (Lipinski definition) is 1. The first-order valence-electron chi connectivity index (χ1n) is 6.67. The monoisotopic (exact) mass is 234 g/mol. The molecule has 0 bridgehead atoms. The minimum absolute atomic E-state index is 0.104. The molecular weight excluding hydrogens is 212 g/mol. The number of benzene rings is 1. The van der Waals surface area contributed by atoms with Crippen molar-refractivity contribution in [1.29, 1.82) is 0 Å². The molecule has 1 N–H and O–H groups in total. The van der Waals surface area contributed by atoms with E-state index in [1.807, 2.05) is 18.2 Å². The maximum atomic E-state index is 10.1. The van der Waals surface area contributed by atoms with Gasteiger partial charge in [0, 0.05) is 5.92 Å². The number of aliphatic hydroxyl groups is 1. The molecule has 0 aromatic heterocycles. The SMILES string of the molecule is CCCCCC(O)[C@H]1CO[C@@H]1c1ccccc1. The van der Waals surface area contributed by atoms with Gasteiger partial charge in [0.1, 0.15) is 0 Å². The van der Waals surface area contributed by atoms with Gasteiger partial charge in [-0.15, -0.1) is 0 Å². The van der Waals surface area contributed by atoms with E-state index in [0.717, 1.165) is 12.8 Å². The van der Waals surface area contributed by atoms with Crippen LogP contribution >= 0.6 is 0 Å². The van der Waals surface area contributed by atoms with Crippen molar-refractivity contribution in [2.45, 2.75) is 44.8 Å². The molecule has 0 radical (unpaired) electrons. The Hall–Kier alpha value is -0.860. The van der Waals surface area contributed by atoms with Crippen molar-refractivity contribution >= 4 is 0 Å². The molecular formula is C15H22O2. The Bertz CT molecular complexity index is 323. The minimum Gasteiger partial charge on any atom is -0.393 e. The van der Waals surface area contributed by atoms with Crippen molar-refractivity contribution in [2.24, 2.45) is 5.92 Å². The van der Waals surface area contributed by atoms with E-state index < -0.39 is 0 Å². The number of aliphatic hydroxyl groups excluding tert-OH is 1. The summed E-state index contributed by atoms with van der Waals surface area (Å²) in [6.07, 6.45) is 4.34. The molecule has 1 aromatic rings. The smallest absolute Gasteiger partial charge is 0.0900 e. The molecule has 1 aliphatic heterocycles. The van der Waals surface area contributed by atoms with Gasteiger partial charge in [0.05, 0.1) is 18.8 Å². The maximum absolute atomic E-state index is 10.1. The van der Waals surface area contributed by atoms with Gasteiger partial charge in [-0.25, -0.2) is 0 Å². The van der Waals surface area contributed by atoms with Gasteiger partial charge in [-0.3, -0.25) is 0 Å². The van der Waals surface area contributed by atoms with Crippen LogP contribution in [0.25, 0.3) is 0 Å². The third-order valence-electron chi connectivity index (χ3n) is 3.58. The first-order valence-corrected chi connectivity index (χ1v) is 6.67. The molecule has 1 heterocycles. The van der Waals surface area contributed by atoms with E-state index >= 15 is 0 Å². The standard InChI is InChI=1S/C15H22O2/c1-2-3-5-10-14(16)13-11-17-15(13)12-8-6-4-7-9-12/h4,6-9,13-16H,2-3,5,10-11H2,1H3/t13-,14?,15-/m1/s1. The Kier molecular flexibility index (Phi) is 4.57. The van der Waals surface area contributed by atoms with E-state index in [9.17, 15) is 5.11 Å². The Morgan fingerprint density at radius 2 is 2.06 bits per heavy atom. The van der Waals surface area contributed by atoms with E-state index in [0.29, 0.717) is 6.61 Å². The summed E-state index contributed by atoms with van der Waals surface area (Å²) >= 11 is 0. The van der Waals surface area contributed by atoms with Crippen molar-refractivity contribution in [3.63, 3.8) is 0 Å². The second-order valence-corrected chi connectivity index (χ2v) is 4.89. The van der Waals surface area contributed by atoms with E-state index in [1.54, 1.807) is 0 Å². The first kappa shape index (κ1) is 12.6. The van der Waals surface area contributed by atoms with Gasteiger partial charge in [0.25, 0.3) is 0 Å². The van der Waals surface area contributed by atoms with Crippen molar-refractivity contribution in [2.75, 3.05) is 6.61 Å². The molecule has 17 heavy (non-hydrogen) atoms. The van der Waals surface area contributed by atoms with Crippen LogP contribution in [0.4, 0.5) is 0 Å². The van der Waals surface area contributed by atoms with Crippen LogP contribution in [0, 0.1) is 5.92 Å². The van der Waals surface area contributed by atoms with Gasteiger partial charge in [0.2, 0.25) is 0 Å². The highest BCUT2D eigenvalue weighted by Crippen LogP contribution is 2.38. The fourth-order valence-corrected chi connectivity index (χ4v) is 2.42. The summed E-state index contributed by atoms with van der Waals surface area (Å²) in [6, 6.07) is 10.2. The zero-order valence-corrected chi connectivity index (χ0v) is 10.5. The zero-order chi connectivity index (χ0) is 12.1. The topological polar surface area (TPSA) is 29.5 Å². The van der Waals surface area contributed by atoms with Crippen LogP contribution in [0.5, 0.6) is 0 Å². The molecule has 0 amide bonds. The summed E-state index contributed by atoms with van der Waals surface area (Å²) in [5.41, 5.74) is 1.19. The van der Waals surface area contributed by atoms with Crippen LogP contribution < -0.4 is 0 Å². The molecule has 1 aromatic carbocycles. The molecule has 1 saturated heterocycles. The molecule has 0 aliphatic carbocycles. The van der Waals surface area contributed by atoms with Crippen molar-refractivity contribution in [1.82, 2.24) is 0 Å². The summed E-state index contributed by atoms with van der Waals surface area (Å²) in [5.74, 6) is 0.286. The van der Waals surface area contributed by atoms with Crippen LogP contribution in [-0.4, -0.2) is 17.8 Å². The first-order chi connectivity index (χ1) is 8.33. The van der Waals surface area contributed by atoms with Gasteiger partial charge in [-0.2, -0.15) is 0 Å². The van der Waals surface area contributed by atoms with Crippen LogP contribution in [0.1, 0.15) is 44.3 Å². The Morgan fingerprint density at radius 3 is 2.65 bits per heavy atom. The highest BCUT2D eigenvalue weighted by Gasteiger charge is 2.38. The van der Waals surface area contributed by atoms with Gasteiger partial charge in [-0.05, 0) is 12.0 Å². The zero-order valence-electron chi connectivity index (χ0n) is 10.5. The second kappa shape index (κ2) is 6.18. The summed E-state index contributed by atoms with van der Waals surface area (Å²) in [7, 11) is 0. The molecule has 1 unspecified atom stereocenters. The quantitative estimate of drug-likeness (QED) is 0.765. The van der Waals surface area contributed by atoms with Gasteiger partial charge >= 0.3 is 0 Å². The predicted molar refractivity (Wildman–Crippen MR) is 68.8 cm³/mol. The molecule has 2 rings (SSSR count). The molecule has 2 nitrogen and oxygen atoms in total. The fourth-order valence-electron chi connectivity index (χ4n) is 2.42. The Morgan fingerprint density at radius 1 is 1.29 bits per heavy atom. The molecule has 1 fully saturated rings. The van der Waals surface area contributed by atoms with E-state index in [2.05, 4.69) is 19.1 Å². The Balaban J connectivity index is 1.86. The van der Waals surface area contributed by atoms with Crippen molar-refractivity contribution in [3.8, 4) is 0 Å². The molecule has 0 saturated carbocycles. The van der Waals surface area contributed by atoms with Crippen LogP contribution in [-0.2, 0) is 4.74 Å². The molecule has 0 spiro atoms. The van der Waals surface area contributed by atoms with Crippen molar-refractivity contribution < 1.29 is 9.84 Å². The fraction of sp³-hybridized carbons (Fsp3) is 0.600.